The SMILES string of the molecule is CN(Cc1ncccn1)C1CCN(C(=O)NCCn2cccc2)C1. The van der Waals surface area contributed by atoms with Gasteiger partial charge in [-0.05, 0) is 31.7 Å². The molecule has 7 heteroatoms. The fourth-order valence-electron chi connectivity index (χ4n) is 2.97. The Hall–Kier alpha value is -2.41. The number of aromatic nitrogens is 3. The number of nitrogens with zero attached hydrogens (tertiary/aromatic N) is 5. The minimum absolute atomic E-state index is 0.0222. The van der Waals surface area contributed by atoms with Gasteiger partial charge in [-0.25, -0.2) is 14.8 Å². The van der Waals surface area contributed by atoms with Crippen molar-refractivity contribution >= 4 is 6.03 Å². The zero-order chi connectivity index (χ0) is 16.8. The van der Waals surface area contributed by atoms with Gasteiger partial charge in [-0.1, -0.05) is 0 Å². The van der Waals surface area contributed by atoms with Crippen LogP contribution < -0.4 is 5.32 Å². The molecule has 0 saturated carbocycles. The Kier molecular flexibility index (Phi) is 5.43. The summed E-state index contributed by atoms with van der Waals surface area (Å²) in [5.41, 5.74) is 0. The summed E-state index contributed by atoms with van der Waals surface area (Å²) >= 11 is 0. The van der Waals surface area contributed by atoms with E-state index < -0.39 is 0 Å². The third-order valence-corrected chi connectivity index (χ3v) is 4.40. The molecule has 0 spiro atoms. The molecule has 0 aromatic carbocycles. The molecule has 7 nitrogen and oxygen atoms in total. The third-order valence-electron chi connectivity index (χ3n) is 4.40. The largest absolute Gasteiger partial charge is 0.353 e. The van der Waals surface area contributed by atoms with Crippen LogP contribution in [0.3, 0.4) is 0 Å². The van der Waals surface area contributed by atoms with Gasteiger partial charge in [-0.3, -0.25) is 4.90 Å². The maximum absolute atomic E-state index is 12.3. The predicted molar refractivity (Wildman–Crippen MR) is 91.3 cm³/mol. The average Bonchev–Trinajstić information content (AvgIpc) is 3.27. The van der Waals surface area contributed by atoms with Gasteiger partial charge in [0.1, 0.15) is 5.82 Å². The summed E-state index contributed by atoms with van der Waals surface area (Å²) in [7, 11) is 2.06. The lowest BCUT2D eigenvalue weighted by Gasteiger charge is -2.24. The number of hydrogen-bond donors (Lipinski definition) is 1. The summed E-state index contributed by atoms with van der Waals surface area (Å²) < 4.78 is 2.06. The van der Waals surface area contributed by atoms with Crippen molar-refractivity contribution in [1.29, 1.82) is 0 Å². The Bertz CT molecular complexity index is 630. The van der Waals surface area contributed by atoms with E-state index in [1.807, 2.05) is 35.5 Å². The van der Waals surface area contributed by atoms with Gasteiger partial charge in [-0.2, -0.15) is 0 Å². The molecular weight excluding hydrogens is 304 g/mol. The van der Waals surface area contributed by atoms with Crippen LogP contribution in [0.2, 0.25) is 0 Å². The molecule has 24 heavy (non-hydrogen) atoms. The summed E-state index contributed by atoms with van der Waals surface area (Å²) in [6.45, 7) is 3.68. The predicted octanol–water partition coefficient (Wildman–Crippen LogP) is 1.19. The maximum atomic E-state index is 12.3. The van der Waals surface area contributed by atoms with Gasteiger partial charge >= 0.3 is 6.03 Å². The minimum atomic E-state index is 0.0222. The lowest BCUT2D eigenvalue weighted by molar-refractivity contribution is 0.196. The number of carbonyl (C=O) groups excluding carboxylic acids is 1. The normalized spacial score (nSPS) is 17.4. The second-order valence-corrected chi connectivity index (χ2v) is 6.12. The van der Waals surface area contributed by atoms with Gasteiger partial charge in [0.15, 0.2) is 0 Å². The molecule has 0 bridgehead atoms. The molecule has 2 amide bonds. The summed E-state index contributed by atoms with van der Waals surface area (Å²) in [4.78, 5) is 24.9. The van der Waals surface area contributed by atoms with Gasteiger partial charge in [-0.15, -0.1) is 0 Å². The second-order valence-electron chi connectivity index (χ2n) is 6.12. The number of likely N-dealkylation sites (N-methyl/N-ethyl adjacent to an activating group) is 1. The van der Waals surface area contributed by atoms with E-state index in [9.17, 15) is 4.79 Å². The van der Waals surface area contributed by atoms with Crippen LogP contribution in [0, 0.1) is 0 Å². The van der Waals surface area contributed by atoms with Crippen LogP contribution in [0.1, 0.15) is 12.2 Å². The number of nitrogens with one attached hydrogen (secondary N) is 1. The quantitative estimate of drug-likeness (QED) is 0.865. The first-order valence-electron chi connectivity index (χ1n) is 8.32. The molecule has 128 valence electrons. The number of amides is 2. The lowest BCUT2D eigenvalue weighted by Crippen LogP contribution is -2.42. The standard InChI is InChI=1S/C17H24N6O/c1-21(14-16-18-6-4-7-19-16)15-5-11-23(13-15)17(24)20-8-12-22-9-2-3-10-22/h2-4,6-7,9-10,15H,5,8,11-14H2,1H3,(H,20,24). The van der Waals surface area contributed by atoms with E-state index in [1.165, 1.54) is 0 Å². The van der Waals surface area contributed by atoms with Crippen molar-refractivity contribution in [2.24, 2.45) is 0 Å². The Balaban J connectivity index is 1.41. The molecule has 1 saturated heterocycles. The Labute approximate surface area is 142 Å². The number of rotatable bonds is 6. The molecule has 1 fully saturated rings. The van der Waals surface area contributed by atoms with E-state index >= 15 is 0 Å². The molecule has 0 aliphatic carbocycles. The Morgan fingerprint density at radius 2 is 2.04 bits per heavy atom. The van der Waals surface area contributed by atoms with E-state index in [-0.39, 0.29) is 6.03 Å². The molecule has 1 unspecified atom stereocenters. The van der Waals surface area contributed by atoms with Crippen molar-refractivity contribution in [3.8, 4) is 0 Å². The first-order valence-corrected chi connectivity index (χ1v) is 8.32. The van der Waals surface area contributed by atoms with Crippen molar-refractivity contribution < 1.29 is 4.79 Å². The third kappa shape index (κ3) is 4.32. The topological polar surface area (TPSA) is 66.3 Å². The van der Waals surface area contributed by atoms with Crippen LogP contribution in [0.25, 0.3) is 0 Å². The summed E-state index contributed by atoms with van der Waals surface area (Å²) in [5, 5.41) is 3.00. The molecule has 1 N–H and O–H groups in total. The second kappa shape index (κ2) is 7.92. The molecule has 2 aromatic rings. The number of carbonyl (C=O) groups is 1. The molecule has 1 atom stereocenters. The van der Waals surface area contributed by atoms with Crippen LogP contribution >= 0.6 is 0 Å². The van der Waals surface area contributed by atoms with Crippen molar-refractivity contribution in [2.45, 2.75) is 25.6 Å². The Morgan fingerprint density at radius 3 is 2.79 bits per heavy atom. The van der Waals surface area contributed by atoms with Crippen LogP contribution in [0.4, 0.5) is 4.79 Å². The van der Waals surface area contributed by atoms with Crippen LogP contribution in [0.15, 0.2) is 43.0 Å². The highest BCUT2D eigenvalue weighted by Crippen LogP contribution is 2.15. The highest BCUT2D eigenvalue weighted by Gasteiger charge is 2.28. The van der Waals surface area contributed by atoms with E-state index in [0.29, 0.717) is 19.1 Å². The van der Waals surface area contributed by atoms with Gasteiger partial charge in [0.25, 0.3) is 0 Å². The zero-order valence-electron chi connectivity index (χ0n) is 14.0. The summed E-state index contributed by atoms with van der Waals surface area (Å²) in [5.74, 6) is 0.814. The first kappa shape index (κ1) is 16.4. The first-order chi connectivity index (χ1) is 11.7. The minimum Gasteiger partial charge on any atom is -0.353 e. The molecular formula is C17H24N6O. The summed E-state index contributed by atoms with van der Waals surface area (Å²) in [6.07, 6.45) is 8.50. The summed E-state index contributed by atoms with van der Waals surface area (Å²) in [6, 6.07) is 6.16. The fourth-order valence-corrected chi connectivity index (χ4v) is 2.97. The molecule has 2 aromatic heterocycles. The molecule has 0 radical (unpaired) electrons. The molecule has 3 rings (SSSR count). The van der Waals surface area contributed by atoms with Gasteiger partial charge in [0.05, 0.1) is 6.54 Å². The lowest BCUT2D eigenvalue weighted by atomic mass is 10.2. The Morgan fingerprint density at radius 1 is 1.29 bits per heavy atom. The monoisotopic (exact) mass is 328 g/mol. The van der Waals surface area contributed by atoms with E-state index in [4.69, 9.17) is 0 Å². The molecule has 3 heterocycles. The van der Waals surface area contributed by atoms with Gasteiger partial charge in [0.2, 0.25) is 0 Å². The van der Waals surface area contributed by atoms with Crippen LogP contribution in [0.5, 0.6) is 0 Å². The average molecular weight is 328 g/mol. The van der Waals surface area contributed by atoms with Gasteiger partial charge < -0.3 is 14.8 Å². The number of hydrogen-bond acceptors (Lipinski definition) is 4. The zero-order valence-corrected chi connectivity index (χ0v) is 14.0. The molecule has 1 aliphatic heterocycles. The maximum Gasteiger partial charge on any atom is 0.317 e. The van der Waals surface area contributed by atoms with Crippen molar-refractivity contribution in [3.63, 3.8) is 0 Å². The highest BCUT2D eigenvalue weighted by molar-refractivity contribution is 5.74. The van der Waals surface area contributed by atoms with Crippen molar-refractivity contribution in [3.05, 3.63) is 48.8 Å². The van der Waals surface area contributed by atoms with Crippen molar-refractivity contribution in [1.82, 2.24) is 29.7 Å². The highest BCUT2D eigenvalue weighted by atomic mass is 16.2. The van der Waals surface area contributed by atoms with E-state index in [2.05, 4.69) is 31.8 Å². The van der Waals surface area contributed by atoms with E-state index in [1.54, 1.807) is 12.4 Å². The van der Waals surface area contributed by atoms with Gasteiger partial charge in [0, 0.05) is 57.0 Å². The fraction of sp³-hybridized carbons (Fsp3) is 0.471. The van der Waals surface area contributed by atoms with Crippen molar-refractivity contribution in [2.75, 3.05) is 26.7 Å². The van der Waals surface area contributed by atoms with Crippen LogP contribution in [-0.2, 0) is 13.1 Å². The number of likely N-dealkylation sites (tertiary alicyclic amines) is 1. The number of urea groups is 1. The van der Waals surface area contributed by atoms with E-state index in [0.717, 1.165) is 31.9 Å². The van der Waals surface area contributed by atoms with Crippen LogP contribution in [-0.4, -0.2) is 63.1 Å². The smallest absolute Gasteiger partial charge is 0.317 e. The molecule has 1 aliphatic rings.